The summed E-state index contributed by atoms with van der Waals surface area (Å²) in [5, 5.41) is 6.69. The topological polar surface area (TPSA) is 36.4 Å². The van der Waals surface area contributed by atoms with Gasteiger partial charge in [0.05, 0.1) is 10.3 Å². The maximum atomic E-state index is 4.22. The van der Waals surface area contributed by atoms with Gasteiger partial charge in [-0.3, -0.25) is 4.99 Å². The monoisotopic (exact) mass is 317 g/mol. The molecule has 0 amide bonds. The first-order valence-corrected chi connectivity index (χ1v) is 7.35. The van der Waals surface area contributed by atoms with E-state index in [0.29, 0.717) is 12.0 Å². The molecule has 0 aliphatic carbocycles. The Labute approximate surface area is 116 Å². The van der Waals surface area contributed by atoms with E-state index in [-0.39, 0.29) is 0 Å². The lowest BCUT2D eigenvalue weighted by molar-refractivity contribution is 0.481. The minimum atomic E-state index is 0.413. The second kappa shape index (κ2) is 7.01. The quantitative estimate of drug-likeness (QED) is 0.660. The molecular weight excluding hydrogens is 298 g/mol. The average Bonchev–Trinajstić information content (AvgIpc) is 2.69. The number of thiophene rings is 1. The van der Waals surface area contributed by atoms with Crippen molar-refractivity contribution in [1.29, 1.82) is 0 Å². The summed E-state index contributed by atoms with van der Waals surface area (Å²) in [6.45, 7) is 7.36. The van der Waals surface area contributed by atoms with E-state index in [1.807, 2.05) is 0 Å². The second-order valence-electron chi connectivity index (χ2n) is 4.31. The lowest BCUT2D eigenvalue weighted by atomic mass is 10.1. The Hall–Kier alpha value is -0.550. The van der Waals surface area contributed by atoms with Crippen molar-refractivity contribution in [2.24, 2.45) is 10.9 Å². The molecular formula is C12H20BrN3S. The number of rotatable bonds is 4. The zero-order valence-electron chi connectivity index (χ0n) is 10.7. The highest BCUT2D eigenvalue weighted by atomic mass is 79.9. The molecule has 0 bridgehead atoms. The van der Waals surface area contributed by atoms with Crippen LogP contribution in [0.3, 0.4) is 0 Å². The summed E-state index contributed by atoms with van der Waals surface area (Å²) < 4.78 is 1.16. The van der Waals surface area contributed by atoms with Crippen LogP contribution in [0, 0.1) is 5.92 Å². The first-order valence-electron chi connectivity index (χ1n) is 5.74. The van der Waals surface area contributed by atoms with Crippen LogP contribution in [-0.2, 0) is 6.54 Å². The van der Waals surface area contributed by atoms with E-state index in [9.17, 15) is 0 Å². The maximum Gasteiger partial charge on any atom is 0.191 e. The van der Waals surface area contributed by atoms with E-state index in [0.717, 1.165) is 16.3 Å². The van der Waals surface area contributed by atoms with Crippen LogP contribution >= 0.6 is 27.3 Å². The van der Waals surface area contributed by atoms with Gasteiger partial charge in [-0.1, -0.05) is 13.8 Å². The Kier molecular flexibility index (Phi) is 5.98. The van der Waals surface area contributed by atoms with Gasteiger partial charge in [0.1, 0.15) is 0 Å². The third-order valence-electron chi connectivity index (χ3n) is 2.65. The number of hydrogen-bond acceptors (Lipinski definition) is 2. The molecule has 1 heterocycles. The third-order valence-corrected chi connectivity index (χ3v) is 4.27. The van der Waals surface area contributed by atoms with Gasteiger partial charge in [0.2, 0.25) is 0 Å². The Morgan fingerprint density at radius 1 is 1.41 bits per heavy atom. The van der Waals surface area contributed by atoms with Crippen molar-refractivity contribution < 1.29 is 0 Å². The summed E-state index contributed by atoms with van der Waals surface area (Å²) >= 11 is 5.20. The molecule has 0 saturated carbocycles. The van der Waals surface area contributed by atoms with Crippen molar-refractivity contribution in [3.63, 3.8) is 0 Å². The first kappa shape index (κ1) is 14.5. The average molecular weight is 318 g/mol. The van der Waals surface area contributed by atoms with Gasteiger partial charge in [0.15, 0.2) is 5.96 Å². The van der Waals surface area contributed by atoms with Gasteiger partial charge in [0, 0.05) is 18.0 Å². The van der Waals surface area contributed by atoms with Gasteiger partial charge in [-0.25, -0.2) is 0 Å². The Morgan fingerprint density at radius 2 is 2.12 bits per heavy atom. The highest BCUT2D eigenvalue weighted by Crippen LogP contribution is 2.21. The zero-order chi connectivity index (χ0) is 12.8. The summed E-state index contributed by atoms with van der Waals surface area (Å²) in [4.78, 5) is 5.51. The summed E-state index contributed by atoms with van der Waals surface area (Å²) in [5.41, 5.74) is 0. The van der Waals surface area contributed by atoms with Crippen LogP contribution in [0.25, 0.3) is 0 Å². The summed E-state index contributed by atoms with van der Waals surface area (Å²) in [6, 6.07) is 4.59. The molecule has 17 heavy (non-hydrogen) atoms. The number of aliphatic imine (C=N–C) groups is 1. The molecule has 5 heteroatoms. The van der Waals surface area contributed by atoms with Gasteiger partial charge < -0.3 is 10.6 Å². The van der Waals surface area contributed by atoms with Crippen LogP contribution in [-0.4, -0.2) is 19.0 Å². The highest BCUT2D eigenvalue weighted by molar-refractivity contribution is 9.11. The molecule has 96 valence electrons. The molecule has 1 rings (SSSR count). The van der Waals surface area contributed by atoms with E-state index >= 15 is 0 Å². The Morgan fingerprint density at radius 3 is 2.59 bits per heavy atom. The molecule has 0 spiro atoms. The third kappa shape index (κ3) is 5.08. The normalized spacial score (nSPS) is 13.9. The fourth-order valence-electron chi connectivity index (χ4n) is 1.19. The lowest BCUT2D eigenvalue weighted by Crippen LogP contribution is -2.43. The highest BCUT2D eigenvalue weighted by Gasteiger charge is 2.08. The molecule has 0 aromatic carbocycles. The van der Waals surface area contributed by atoms with Gasteiger partial charge in [0.25, 0.3) is 0 Å². The van der Waals surface area contributed by atoms with Gasteiger partial charge in [-0.05, 0) is 40.9 Å². The standard InChI is InChI=1S/C12H20BrN3S/c1-8(2)9(3)16-12(14-4)15-7-10-5-6-11(13)17-10/h5-6,8-9H,7H2,1-4H3,(H2,14,15,16). The van der Waals surface area contributed by atoms with E-state index in [2.05, 4.69) is 64.5 Å². The molecule has 1 aromatic heterocycles. The van der Waals surface area contributed by atoms with Crippen molar-refractivity contribution in [1.82, 2.24) is 10.6 Å². The molecule has 3 nitrogen and oxygen atoms in total. The molecule has 1 atom stereocenters. The van der Waals surface area contributed by atoms with Crippen LogP contribution in [0.2, 0.25) is 0 Å². The minimum absolute atomic E-state index is 0.413. The van der Waals surface area contributed by atoms with E-state index in [1.54, 1.807) is 18.4 Å². The second-order valence-corrected chi connectivity index (χ2v) is 6.86. The van der Waals surface area contributed by atoms with Crippen LogP contribution in [0.1, 0.15) is 25.6 Å². The fraction of sp³-hybridized carbons (Fsp3) is 0.583. The van der Waals surface area contributed by atoms with E-state index in [1.165, 1.54) is 4.88 Å². The van der Waals surface area contributed by atoms with E-state index < -0.39 is 0 Å². The van der Waals surface area contributed by atoms with Gasteiger partial charge in [-0.2, -0.15) is 0 Å². The Balaban J connectivity index is 2.43. The van der Waals surface area contributed by atoms with Crippen LogP contribution < -0.4 is 10.6 Å². The first-order chi connectivity index (χ1) is 8.02. The fourth-order valence-corrected chi connectivity index (χ4v) is 2.62. The van der Waals surface area contributed by atoms with Crippen molar-refractivity contribution in [2.45, 2.75) is 33.4 Å². The number of nitrogens with zero attached hydrogens (tertiary/aromatic N) is 1. The number of hydrogen-bond donors (Lipinski definition) is 2. The molecule has 0 aliphatic heterocycles. The lowest BCUT2D eigenvalue weighted by Gasteiger charge is -2.20. The van der Waals surface area contributed by atoms with E-state index in [4.69, 9.17) is 0 Å². The van der Waals surface area contributed by atoms with Gasteiger partial charge >= 0.3 is 0 Å². The molecule has 0 radical (unpaired) electrons. The molecule has 2 N–H and O–H groups in total. The van der Waals surface area contributed by atoms with Crippen LogP contribution in [0.5, 0.6) is 0 Å². The van der Waals surface area contributed by atoms with Crippen LogP contribution in [0.15, 0.2) is 20.9 Å². The largest absolute Gasteiger partial charge is 0.354 e. The number of guanidine groups is 1. The van der Waals surface area contributed by atoms with Gasteiger partial charge in [-0.15, -0.1) is 11.3 Å². The SMILES string of the molecule is CN=C(NCc1ccc(Br)s1)NC(C)C(C)C. The molecule has 0 saturated heterocycles. The smallest absolute Gasteiger partial charge is 0.191 e. The number of nitrogens with one attached hydrogen (secondary N) is 2. The zero-order valence-corrected chi connectivity index (χ0v) is 13.2. The molecule has 0 aliphatic rings. The van der Waals surface area contributed by atoms with Crippen molar-refractivity contribution in [3.05, 3.63) is 20.8 Å². The molecule has 1 aromatic rings. The summed E-state index contributed by atoms with van der Waals surface area (Å²) in [6.07, 6.45) is 0. The van der Waals surface area contributed by atoms with Crippen molar-refractivity contribution in [2.75, 3.05) is 7.05 Å². The summed E-state index contributed by atoms with van der Waals surface area (Å²) in [5.74, 6) is 1.44. The minimum Gasteiger partial charge on any atom is -0.354 e. The Bertz CT molecular complexity index is 374. The maximum absolute atomic E-state index is 4.22. The predicted octanol–water partition coefficient (Wildman–Crippen LogP) is 3.22. The van der Waals surface area contributed by atoms with Crippen LogP contribution in [0.4, 0.5) is 0 Å². The molecule has 1 unspecified atom stereocenters. The summed E-state index contributed by atoms with van der Waals surface area (Å²) in [7, 11) is 1.80. The molecule has 0 fully saturated rings. The number of halogens is 1. The predicted molar refractivity (Wildman–Crippen MR) is 79.7 cm³/mol. The van der Waals surface area contributed by atoms with Crippen molar-refractivity contribution >= 4 is 33.2 Å². The van der Waals surface area contributed by atoms with Crippen molar-refractivity contribution in [3.8, 4) is 0 Å².